The van der Waals surface area contributed by atoms with E-state index in [1.807, 2.05) is 31.2 Å². The van der Waals surface area contributed by atoms with Gasteiger partial charge in [0, 0.05) is 5.69 Å². The molecule has 0 spiro atoms. The lowest BCUT2D eigenvalue weighted by Gasteiger charge is -2.14. The minimum atomic E-state index is -0.885. The molecule has 0 aliphatic heterocycles. The van der Waals surface area contributed by atoms with Gasteiger partial charge in [0.15, 0.2) is 0 Å². The maximum Gasteiger partial charge on any atom is 0.238 e. The predicted molar refractivity (Wildman–Crippen MR) is 71.2 cm³/mol. The Balaban J connectivity index is 2.21. The normalized spacial score (nSPS) is 25.3. The van der Waals surface area contributed by atoms with E-state index in [2.05, 4.69) is 11.9 Å². The molecule has 1 amide bonds. The molecule has 1 N–H and O–H groups in total. The van der Waals surface area contributed by atoms with Crippen molar-refractivity contribution in [2.24, 2.45) is 11.3 Å². The van der Waals surface area contributed by atoms with E-state index in [0.29, 0.717) is 6.42 Å². The zero-order valence-electron chi connectivity index (χ0n) is 10.7. The highest BCUT2D eigenvalue weighted by Gasteiger charge is 2.62. The van der Waals surface area contributed by atoms with Gasteiger partial charge in [-0.25, -0.2) is 0 Å². The van der Waals surface area contributed by atoms with E-state index in [1.54, 1.807) is 6.08 Å². The molecule has 0 heterocycles. The Bertz CT molecular complexity index is 521. The fourth-order valence-corrected chi connectivity index (χ4v) is 2.35. The summed E-state index contributed by atoms with van der Waals surface area (Å²) in [5.41, 5.74) is 0.863. The molecule has 3 heteroatoms. The highest BCUT2D eigenvalue weighted by Crippen LogP contribution is 2.54. The first-order valence-electron chi connectivity index (χ1n) is 6.03. The van der Waals surface area contributed by atoms with E-state index in [-0.39, 0.29) is 17.6 Å². The SMILES string of the molecule is C=CC1CC1(C(C)=O)C(=O)Nc1ccccc1C. The van der Waals surface area contributed by atoms with Gasteiger partial charge in [-0.2, -0.15) is 0 Å². The molecule has 1 aromatic rings. The van der Waals surface area contributed by atoms with Crippen LogP contribution in [0.4, 0.5) is 5.69 Å². The quantitative estimate of drug-likeness (QED) is 0.653. The van der Waals surface area contributed by atoms with E-state index in [0.717, 1.165) is 11.3 Å². The highest BCUT2D eigenvalue weighted by molar-refractivity contribution is 6.14. The van der Waals surface area contributed by atoms with Gasteiger partial charge < -0.3 is 5.32 Å². The second-order valence-electron chi connectivity index (χ2n) is 4.84. The minimum Gasteiger partial charge on any atom is -0.325 e. The van der Waals surface area contributed by atoms with Crippen LogP contribution in [0, 0.1) is 18.3 Å². The highest BCUT2D eigenvalue weighted by atomic mass is 16.2. The van der Waals surface area contributed by atoms with Gasteiger partial charge in [0.2, 0.25) is 5.91 Å². The maximum absolute atomic E-state index is 12.3. The molecule has 1 fully saturated rings. The summed E-state index contributed by atoms with van der Waals surface area (Å²) in [5, 5.41) is 2.85. The lowest BCUT2D eigenvalue weighted by Crippen LogP contribution is -2.31. The van der Waals surface area contributed by atoms with Gasteiger partial charge in [-0.15, -0.1) is 6.58 Å². The van der Waals surface area contributed by atoms with E-state index >= 15 is 0 Å². The number of anilines is 1. The van der Waals surface area contributed by atoms with Crippen LogP contribution in [0.15, 0.2) is 36.9 Å². The van der Waals surface area contributed by atoms with Crippen LogP contribution >= 0.6 is 0 Å². The van der Waals surface area contributed by atoms with Gasteiger partial charge >= 0.3 is 0 Å². The summed E-state index contributed by atoms with van der Waals surface area (Å²) in [7, 11) is 0. The zero-order valence-corrected chi connectivity index (χ0v) is 10.7. The van der Waals surface area contributed by atoms with E-state index in [4.69, 9.17) is 0 Å². The molecule has 2 unspecified atom stereocenters. The monoisotopic (exact) mass is 243 g/mol. The van der Waals surface area contributed by atoms with Crippen LogP contribution in [-0.2, 0) is 9.59 Å². The standard InChI is InChI=1S/C15H17NO2/c1-4-12-9-15(12,11(3)17)14(18)16-13-8-6-5-7-10(13)2/h4-8,12H,1,9H2,2-3H3,(H,16,18). The first-order chi connectivity index (χ1) is 8.52. The molecule has 18 heavy (non-hydrogen) atoms. The first-order valence-corrected chi connectivity index (χ1v) is 6.03. The lowest BCUT2D eigenvalue weighted by atomic mass is 9.97. The van der Waals surface area contributed by atoms with Crippen molar-refractivity contribution in [1.82, 2.24) is 0 Å². The third-order valence-electron chi connectivity index (χ3n) is 3.73. The van der Waals surface area contributed by atoms with E-state index in [1.165, 1.54) is 6.92 Å². The Hall–Kier alpha value is -1.90. The minimum absolute atomic E-state index is 0.0287. The number of Topliss-reactive ketones (excluding diaryl/α,β-unsaturated/α-hetero) is 1. The predicted octanol–water partition coefficient (Wildman–Crippen LogP) is 2.71. The summed E-state index contributed by atoms with van der Waals surface area (Å²) in [6.07, 6.45) is 2.27. The number of benzene rings is 1. The third-order valence-corrected chi connectivity index (χ3v) is 3.73. The molecule has 3 nitrogen and oxygen atoms in total. The summed E-state index contributed by atoms with van der Waals surface area (Å²) in [4.78, 5) is 24.0. The summed E-state index contributed by atoms with van der Waals surface area (Å²) in [6.45, 7) is 7.07. The van der Waals surface area contributed by atoms with E-state index < -0.39 is 5.41 Å². The molecular formula is C15H17NO2. The fraction of sp³-hybridized carbons (Fsp3) is 0.333. The third kappa shape index (κ3) is 1.86. The summed E-state index contributed by atoms with van der Waals surface area (Å²) in [6, 6.07) is 7.54. The van der Waals surface area contributed by atoms with Crippen molar-refractivity contribution in [1.29, 1.82) is 0 Å². The first kappa shape index (κ1) is 12.6. The number of allylic oxidation sites excluding steroid dienone is 1. The van der Waals surface area contributed by atoms with Crippen molar-refractivity contribution < 1.29 is 9.59 Å². The van der Waals surface area contributed by atoms with Crippen LogP contribution in [0.5, 0.6) is 0 Å². The number of aryl methyl sites for hydroxylation is 1. The summed E-state index contributed by atoms with van der Waals surface area (Å²) in [5.74, 6) is -0.327. The van der Waals surface area contributed by atoms with Crippen molar-refractivity contribution in [3.05, 3.63) is 42.5 Å². The Morgan fingerprint density at radius 1 is 1.44 bits per heavy atom. The van der Waals surface area contributed by atoms with Gasteiger partial charge in [0.1, 0.15) is 11.2 Å². The number of rotatable bonds is 4. The van der Waals surface area contributed by atoms with Crippen LogP contribution in [0.25, 0.3) is 0 Å². The molecule has 0 bridgehead atoms. The molecule has 1 saturated carbocycles. The Kier molecular flexibility index (Phi) is 3.07. The molecule has 2 atom stereocenters. The summed E-state index contributed by atoms with van der Waals surface area (Å²) < 4.78 is 0. The van der Waals surface area contributed by atoms with Gasteiger partial charge in [0.25, 0.3) is 0 Å². The average molecular weight is 243 g/mol. The molecule has 2 rings (SSSR count). The molecule has 0 saturated heterocycles. The van der Waals surface area contributed by atoms with Gasteiger partial charge in [-0.05, 0) is 37.8 Å². The lowest BCUT2D eigenvalue weighted by molar-refractivity contribution is -0.132. The number of hydrogen-bond donors (Lipinski definition) is 1. The Labute approximate surface area is 107 Å². The Morgan fingerprint density at radius 3 is 2.61 bits per heavy atom. The Morgan fingerprint density at radius 2 is 2.11 bits per heavy atom. The van der Waals surface area contributed by atoms with Crippen molar-refractivity contribution in [3.8, 4) is 0 Å². The molecule has 0 radical (unpaired) electrons. The summed E-state index contributed by atoms with van der Waals surface area (Å²) >= 11 is 0. The molecule has 1 aliphatic carbocycles. The molecule has 0 aromatic heterocycles. The average Bonchev–Trinajstić information content (AvgIpc) is 3.08. The number of hydrogen-bond acceptors (Lipinski definition) is 2. The molecule has 94 valence electrons. The number of carbonyl (C=O) groups excluding carboxylic acids is 2. The van der Waals surface area contributed by atoms with Crippen molar-refractivity contribution in [2.75, 3.05) is 5.32 Å². The smallest absolute Gasteiger partial charge is 0.238 e. The van der Waals surface area contributed by atoms with Crippen LogP contribution in [0.3, 0.4) is 0 Å². The fourth-order valence-electron chi connectivity index (χ4n) is 2.35. The second kappa shape index (κ2) is 4.41. The number of ketones is 1. The second-order valence-corrected chi connectivity index (χ2v) is 4.84. The van der Waals surface area contributed by atoms with Gasteiger partial charge in [-0.1, -0.05) is 24.3 Å². The number of carbonyl (C=O) groups is 2. The number of nitrogens with one attached hydrogen (secondary N) is 1. The van der Waals surface area contributed by atoms with E-state index in [9.17, 15) is 9.59 Å². The van der Waals surface area contributed by atoms with Crippen LogP contribution < -0.4 is 5.32 Å². The van der Waals surface area contributed by atoms with Crippen LogP contribution in [0.2, 0.25) is 0 Å². The van der Waals surface area contributed by atoms with Crippen molar-refractivity contribution >= 4 is 17.4 Å². The zero-order chi connectivity index (χ0) is 13.3. The van der Waals surface area contributed by atoms with Crippen molar-refractivity contribution in [2.45, 2.75) is 20.3 Å². The van der Waals surface area contributed by atoms with Crippen LogP contribution in [-0.4, -0.2) is 11.7 Å². The van der Waals surface area contributed by atoms with Gasteiger partial charge in [0.05, 0.1) is 0 Å². The topological polar surface area (TPSA) is 46.2 Å². The van der Waals surface area contributed by atoms with Gasteiger partial charge in [-0.3, -0.25) is 9.59 Å². The number of para-hydroxylation sites is 1. The molecular weight excluding hydrogens is 226 g/mol. The largest absolute Gasteiger partial charge is 0.325 e. The van der Waals surface area contributed by atoms with Crippen molar-refractivity contribution in [3.63, 3.8) is 0 Å². The maximum atomic E-state index is 12.3. The van der Waals surface area contributed by atoms with Crippen LogP contribution in [0.1, 0.15) is 18.9 Å². The number of amides is 1. The molecule has 1 aromatic carbocycles. The molecule has 1 aliphatic rings.